The van der Waals surface area contributed by atoms with E-state index in [4.69, 9.17) is 5.11 Å². The lowest BCUT2D eigenvalue weighted by Gasteiger charge is -2.34. The highest BCUT2D eigenvalue weighted by atomic mass is 79.9. The fourth-order valence-electron chi connectivity index (χ4n) is 2.30. The summed E-state index contributed by atoms with van der Waals surface area (Å²) in [7, 11) is 0. The van der Waals surface area contributed by atoms with Gasteiger partial charge in [0.1, 0.15) is 0 Å². The van der Waals surface area contributed by atoms with Crippen molar-refractivity contribution in [2.24, 2.45) is 0 Å². The molecule has 1 heterocycles. The van der Waals surface area contributed by atoms with E-state index in [1.807, 2.05) is 0 Å². The van der Waals surface area contributed by atoms with Crippen molar-refractivity contribution < 1.29 is 5.11 Å². The normalized spacial score (nSPS) is 20.6. The van der Waals surface area contributed by atoms with Crippen LogP contribution in [0.4, 0.5) is 5.69 Å². The molecule has 0 amide bonds. The van der Waals surface area contributed by atoms with Gasteiger partial charge < -0.3 is 15.3 Å². The highest BCUT2D eigenvalue weighted by Crippen LogP contribution is 2.22. The largest absolute Gasteiger partial charge is 0.395 e. The number of rotatable bonds is 4. The molecule has 94 valence electrons. The number of halogens is 1. The number of piperidine rings is 1. The minimum Gasteiger partial charge on any atom is -0.395 e. The Kier molecular flexibility index (Phi) is 4.83. The molecule has 1 atom stereocenters. The van der Waals surface area contributed by atoms with Crippen molar-refractivity contribution in [3.8, 4) is 0 Å². The highest BCUT2D eigenvalue weighted by Gasteiger charge is 2.19. The zero-order valence-corrected chi connectivity index (χ0v) is 11.5. The maximum absolute atomic E-state index is 8.83. The average Bonchev–Trinajstić information content (AvgIpc) is 2.37. The predicted octanol–water partition coefficient (Wildman–Crippen LogP) is 2.00. The van der Waals surface area contributed by atoms with Gasteiger partial charge in [0.25, 0.3) is 0 Å². The van der Waals surface area contributed by atoms with Gasteiger partial charge in [0.15, 0.2) is 0 Å². The Labute approximate surface area is 111 Å². The van der Waals surface area contributed by atoms with Gasteiger partial charge in [-0.15, -0.1) is 0 Å². The average molecular weight is 299 g/mol. The van der Waals surface area contributed by atoms with Crippen molar-refractivity contribution in [1.29, 1.82) is 0 Å². The van der Waals surface area contributed by atoms with Gasteiger partial charge in [-0.05, 0) is 37.1 Å². The molecule has 3 nitrogen and oxygen atoms in total. The van der Waals surface area contributed by atoms with E-state index in [9.17, 15) is 0 Å². The molecule has 0 aromatic heterocycles. The molecule has 1 unspecified atom stereocenters. The molecule has 4 heteroatoms. The summed E-state index contributed by atoms with van der Waals surface area (Å²) in [5.74, 6) is 0. The Bertz CT molecular complexity index is 342. The van der Waals surface area contributed by atoms with Crippen LogP contribution >= 0.6 is 15.9 Å². The topological polar surface area (TPSA) is 35.5 Å². The number of nitrogens with zero attached hydrogens (tertiary/aromatic N) is 1. The number of anilines is 1. The third-order valence-corrected chi connectivity index (χ3v) is 3.69. The van der Waals surface area contributed by atoms with Gasteiger partial charge in [-0.25, -0.2) is 0 Å². The molecule has 2 rings (SSSR count). The van der Waals surface area contributed by atoms with Crippen LogP contribution in [-0.4, -0.2) is 37.4 Å². The van der Waals surface area contributed by atoms with E-state index in [0.717, 1.165) is 17.6 Å². The molecule has 0 saturated carbocycles. The van der Waals surface area contributed by atoms with Crippen LogP contribution in [0.5, 0.6) is 0 Å². The monoisotopic (exact) mass is 298 g/mol. The lowest BCUT2D eigenvalue weighted by atomic mass is 10.0. The van der Waals surface area contributed by atoms with E-state index in [0.29, 0.717) is 12.6 Å². The first kappa shape index (κ1) is 12.9. The third-order valence-electron chi connectivity index (χ3n) is 3.16. The Hall–Kier alpha value is -0.580. The van der Waals surface area contributed by atoms with E-state index in [-0.39, 0.29) is 6.61 Å². The van der Waals surface area contributed by atoms with Crippen molar-refractivity contribution in [2.45, 2.75) is 18.9 Å². The van der Waals surface area contributed by atoms with Crippen molar-refractivity contribution in [3.05, 3.63) is 28.7 Å². The first-order valence-corrected chi connectivity index (χ1v) is 6.93. The van der Waals surface area contributed by atoms with Crippen LogP contribution in [0.15, 0.2) is 28.7 Å². The van der Waals surface area contributed by atoms with Gasteiger partial charge in [0.2, 0.25) is 0 Å². The summed E-state index contributed by atoms with van der Waals surface area (Å²) in [6.07, 6.45) is 2.41. The molecule has 1 aliphatic heterocycles. The second-order valence-corrected chi connectivity index (χ2v) is 5.35. The van der Waals surface area contributed by atoms with Crippen LogP contribution in [0.1, 0.15) is 12.8 Å². The summed E-state index contributed by atoms with van der Waals surface area (Å²) in [4.78, 5) is 2.41. The minimum absolute atomic E-state index is 0.217. The molecule has 1 aromatic rings. The molecular formula is C13H19BrN2O. The predicted molar refractivity (Wildman–Crippen MR) is 74.5 cm³/mol. The van der Waals surface area contributed by atoms with Gasteiger partial charge >= 0.3 is 0 Å². The van der Waals surface area contributed by atoms with Crippen LogP contribution in [0.25, 0.3) is 0 Å². The Morgan fingerprint density at radius 1 is 1.35 bits per heavy atom. The summed E-state index contributed by atoms with van der Waals surface area (Å²) in [5, 5.41) is 12.2. The zero-order chi connectivity index (χ0) is 12.1. The smallest absolute Gasteiger partial charge is 0.0556 e. The summed E-state index contributed by atoms with van der Waals surface area (Å²) >= 11 is 3.46. The maximum atomic E-state index is 8.83. The van der Waals surface area contributed by atoms with Crippen LogP contribution in [0.2, 0.25) is 0 Å². The first-order valence-electron chi connectivity index (χ1n) is 6.14. The fraction of sp³-hybridized carbons (Fsp3) is 0.538. The lowest BCUT2D eigenvalue weighted by molar-refractivity contribution is 0.278. The molecule has 1 fully saturated rings. The van der Waals surface area contributed by atoms with Crippen molar-refractivity contribution in [2.75, 3.05) is 31.1 Å². The molecule has 1 aliphatic rings. The first-order chi connectivity index (χ1) is 8.29. The number of nitrogens with one attached hydrogen (secondary N) is 1. The highest BCUT2D eigenvalue weighted by molar-refractivity contribution is 9.10. The van der Waals surface area contributed by atoms with Gasteiger partial charge in [0, 0.05) is 35.8 Å². The molecule has 2 N–H and O–H groups in total. The third kappa shape index (κ3) is 3.69. The molecule has 0 radical (unpaired) electrons. The minimum atomic E-state index is 0.217. The van der Waals surface area contributed by atoms with E-state index in [1.54, 1.807) is 0 Å². The Morgan fingerprint density at radius 2 is 2.12 bits per heavy atom. The Balaban J connectivity index is 1.94. The van der Waals surface area contributed by atoms with Crippen LogP contribution < -0.4 is 10.2 Å². The molecule has 0 bridgehead atoms. The number of hydrogen-bond donors (Lipinski definition) is 2. The van der Waals surface area contributed by atoms with Crippen molar-refractivity contribution in [1.82, 2.24) is 5.32 Å². The second-order valence-electron chi connectivity index (χ2n) is 4.44. The number of benzene rings is 1. The number of hydrogen-bond acceptors (Lipinski definition) is 3. The summed E-state index contributed by atoms with van der Waals surface area (Å²) in [6.45, 7) is 3.06. The van der Waals surface area contributed by atoms with Gasteiger partial charge in [0.05, 0.1) is 6.61 Å². The summed E-state index contributed by atoms with van der Waals surface area (Å²) in [6, 6.07) is 8.97. The summed E-state index contributed by atoms with van der Waals surface area (Å²) in [5.41, 5.74) is 1.28. The number of aliphatic hydroxyl groups is 1. The lowest BCUT2D eigenvalue weighted by Crippen LogP contribution is -2.46. The van der Waals surface area contributed by atoms with Crippen LogP contribution in [0, 0.1) is 0 Å². The maximum Gasteiger partial charge on any atom is 0.0556 e. The number of aliphatic hydroxyl groups excluding tert-OH is 1. The molecule has 0 spiro atoms. The standard InChI is InChI=1S/C13H19BrN2O/c14-11-3-5-13(6-4-11)16-8-1-2-12(10-16)15-7-9-17/h3-6,12,15,17H,1-2,7-10H2. The van der Waals surface area contributed by atoms with Gasteiger partial charge in [-0.2, -0.15) is 0 Å². The van der Waals surface area contributed by atoms with Crippen LogP contribution in [0.3, 0.4) is 0 Å². The van der Waals surface area contributed by atoms with Crippen LogP contribution in [-0.2, 0) is 0 Å². The molecule has 0 aliphatic carbocycles. The second kappa shape index (κ2) is 6.38. The van der Waals surface area contributed by atoms with Crippen molar-refractivity contribution >= 4 is 21.6 Å². The molecular weight excluding hydrogens is 280 g/mol. The molecule has 17 heavy (non-hydrogen) atoms. The van der Waals surface area contributed by atoms with Crippen molar-refractivity contribution in [3.63, 3.8) is 0 Å². The molecule has 1 aromatic carbocycles. The Morgan fingerprint density at radius 3 is 2.82 bits per heavy atom. The SMILES string of the molecule is OCCNC1CCCN(c2ccc(Br)cc2)C1. The van der Waals surface area contributed by atoms with E-state index in [1.165, 1.54) is 18.5 Å². The van der Waals surface area contributed by atoms with Gasteiger partial charge in [-0.3, -0.25) is 0 Å². The van der Waals surface area contributed by atoms with E-state index < -0.39 is 0 Å². The van der Waals surface area contributed by atoms with Gasteiger partial charge in [-0.1, -0.05) is 15.9 Å². The fourth-order valence-corrected chi connectivity index (χ4v) is 2.56. The summed E-state index contributed by atoms with van der Waals surface area (Å²) < 4.78 is 1.12. The quantitative estimate of drug-likeness (QED) is 0.892. The van der Waals surface area contributed by atoms with E-state index >= 15 is 0 Å². The molecule has 1 saturated heterocycles. The zero-order valence-electron chi connectivity index (χ0n) is 9.90. The van der Waals surface area contributed by atoms with E-state index in [2.05, 4.69) is 50.4 Å².